The number of terminal acetylenes is 1. The third-order valence-electron chi connectivity index (χ3n) is 0.667. The van der Waals surface area contributed by atoms with E-state index in [9.17, 15) is 4.79 Å². The number of nitrogens with one attached hydrogen (secondary N) is 1. The van der Waals surface area contributed by atoms with E-state index in [0.29, 0.717) is 0 Å². The second-order valence-corrected chi connectivity index (χ2v) is 1.44. The molecule has 0 aliphatic heterocycles. The van der Waals surface area contributed by atoms with E-state index in [1.165, 1.54) is 6.08 Å². The summed E-state index contributed by atoms with van der Waals surface area (Å²) in [6.45, 7) is 3.76. The molecule has 10 heavy (non-hydrogen) atoms. The molecule has 54 valence electrons. The van der Waals surface area contributed by atoms with Crippen molar-refractivity contribution in [3.63, 3.8) is 0 Å². The SMILES string of the molecule is C#CCNC(=O)OCC=C. The number of ether oxygens (including phenoxy) is 1. The molecule has 1 amide bonds. The van der Waals surface area contributed by atoms with Crippen molar-refractivity contribution in [1.29, 1.82) is 0 Å². The highest BCUT2D eigenvalue weighted by molar-refractivity contribution is 5.67. The van der Waals surface area contributed by atoms with Crippen LogP contribution in [0.15, 0.2) is 12.7 Å². The Morgan fingerprint density at radius 2 is 2.60 bits per heavy atom. The van der Waals surface area contributed by atoms with Gasteiger partial charge in [-0.3, -0.25) is 0 Å². The molecule has 0 aromatic rings. The lowest BCUT2D eigenvalue weighted by molar-refractivity contribution is 0.159. The van der Waals surface area contributed by atoms with Crippen LogP contribution in [-0.2, 0) is 4.74 Å². The van der Waals surface area contributed by atoms with Crippen LogP contribution in [0.1, 0.15) is 0 Å². The van der Waals surface area contributed by atoms with Crippen molar-refractivity contribution in [2.75, 3.05) is 13.2 Å². The van der Waals surface area contributed by atoms with Crippen molar-refractivity contribution in [3.8, 4) is 12.3 Å². The zero-order valence-electron chi connectivity index (χ0n) is 5.59. The lowest BCUT2D eigenvalue weighted by Crippen LogP contribution is -2.24. The lowest BCUT2D eigenvalue weighted by Gasteiger charge is -1.99. The average Bonchev–Trinajstić information content (AvgIpc) is 1.97. The zero-order chi connectivity index (χ0) is 7.82. The molecule has 0 heterocycles. The fourth-order valence-corrected chi connectivity index (χ4v) is 0.309. The first-order chi connectivity index (χ1) is 4.81. The molecular formula is C7H9NO2. The number of carbonyl (C=O) groups is 1. The predicted molar refractivity (Wildman–Crippen MR) is 38.4 cm³/mol. The number of hydrogen-bond acceptors (Lipinski definition) is 2. The molecule has 0 unspecified atom stereocenters. The molecule has 0 aliphatic carbocycles. The first-order valence-corrected chi connectivity index (χ1v) is 2.76. The van der Waals surface area contributed by atoms with Gasteiger partial charge in [0.1, 0.15) is 6.61 Å². The van der Waals surface area contributed by atoms with Gasteiger partial charge in [0.2, 0.25) is 0 Å². The largest absolute Gasteiger partial charge is 0.445 e. The van der Waals surface area contributed by atoms with Gasteiger partial charge in [0.05, 0.1) is 6.54 Å². The number of amides is 1. The van der Waals surface area contributed by atoms with E-state index in [1.807, 2.05) is 0 Å². The molecule has 0 aromatic carbocycles. The molecule has 0 saturated carbocycles. The maximum atomic E-state index is 10.5. The van der Waals surface area contributed by atoms with E-state index in [1.54, 1.807) is 0 Å². The van der Waals surface area contributed by atoms with Crippen molar-refractivity contribution in [2.24, 2.45) is 0 Å². The Labute approximate surface area is 60.1 Å². The topological polar surface area (TPSA) is 38.3 Å². The summed E-state index contributed by atoms with van der Waals surface area (Å²) >= 11 is 0. The zero-order valence-corrected chi connectivity index (χ0v) is 5.59. The summed E-state index contributed by atoms with van der Waals surface area (Å²) < 4.78 is 4.53. The average molecular weight is 139 g/mol. The molecule has 0 rings (SSSR count). The van der Waals surface area contributed by atoms with Crippen LogP contribution in [0.25, 0.3) is 0 Å². The molecule has 0 spiro atoms. The second-order valence-electron chi connectivity index (χ2n) is 1.44. The van der Waals surface area contributed by atoms with Crippen LogP contribution in [0.4, 0.5) is 4.79 Å². The van der Waals surface area contributed by atoms with Crippen LogP contribution >= 0.6 is 0 Å². The molecule has 0 saturated heterocycles. The Morgan fingerprint density at radius 1 is 1.90 bits per heavy atom. The van der Waals surface area contributed by atoms with Crippen LogP contribution in [0, 0.1) is 12.3 Å². The van der Waals surface area contributed by atoms with E-state index >= 15 is 0 Å². The van der Waals surface area contributed by atoms with Gasteiger partial charge in [0.15, 0.2) is 0 Å². The Bertz CT molecular complexity index is 157. The van der Waals surface area contributed by atoms with Crippen molar-refractivity contribution in [2.45, 2.75) is 0 Å². The maximum Gasteiger partial charge on any atom is 0.408 e. The van der Waals surface area contributed by atoms with Crippen LogP contribution in [0.5, 0.6) is 0 Å². The normalized spacial score (nSPS) is 7.50. The monoisotopic (exact) mass is 139 g/mol. The van der Waals surface area contributed by atoms with Gasteiger partial charge >= 0.3 is 6.09 Å². The highest BCUT2D eigenvalue weighted by Gasteiger charge is 1.94. The Balaban J connectivity index is 3.27. The number of carbonyl (C=O) groups excluding carboxylic acids is 1. The van der Waals surface area contributed by atoms with E-state index in [2.05, 4.69) is 22.6 Å². The second kappa shape index (κ2) is 5.70. The van der Waals surface area contributed by atoms with Crippen molar-refractivity contribution >= 4 is 6.09 Å². The minimum Gasteiger partial charge on any atom is -0.445 e. The van der Waals surface area contributed by atoms with E-state index in [-0.39, 0.29) is 13.2 Å². The van der Waals surface area contributed by atoms with Crippen molar-refractivity contribution < 1.29 is 9.53 Å². The molecular weight excluding hydrogens is 130 g/mol. The summed E-state index contributed by atoms with van der Waals surface area (Å²) in [5.41, 5.74) is 0. The molecule has 0 bridgehead atoms. The van der Waals surface area contributed by atoms with Crippen molar-refractivity contribution in [1.82, 2.24) is 5.32 Å². The van der Waals surface area contributed by atoms with Crippen LogP contribution in [0.3, 0.4) is 0 Å². The molecule has 0 aliphatic rings. The highest BCUT2D eigenvalue weighted by Crippen LogP contribution is 1.75. The minimum absolute atomic E-state index is 0.190. The van der Waals surface area contributed by atoms with Gasteiger partial charge in [-0.15, -0.1) is 6.42 Å². The number of hydrogen-bond donors (Lipinski definition) is 1. The van der Waals surface area contributed by atoms with Crippen LogP contribution in [-0.4, -0.2) is 19.2 Å². The maximum absolute atomic E-state index is 10.5. The Kier molecular flexibility index (Phi) is 4.89. The molecule has 1 N–H and O–H groups in total. The standard InChI is InChI=1S/C7H9NO2/c1-3-5-8-7(9)10-6-4-2/h1,4H,2,5-6H2,(H,8,9). The molecule has 3 heteroatoms. The van der Waals surface area contributed by atoms with E-state index in [4.69, 9.17) is 6.42 Å². The van der Waals surface area contributed by atoms with Gasteiger partial charge in [0.25, 0.3) is 0 Å². The number of rotatable bonds is 3. The third-order valence-corrected chi connectivity index (χ3v) is 0.667. The summed E-state index contributed by atoms with van der Waals surface area (Å²) in [6, 6.07) is 0. The van der Waals surface area contributed by atoms with Crippen LogP contribution in [0.2, 0.25) is 0 Å². The van der Waals surface area contributed by atoms with E-state index in [0.717, 1.165) is 0 Å². The first-order valence-electron chi connectivity index (χ1n) is 2.76. The summed E-state index contributed by atoms with van der Waals surface area (Å²) in [6.07, 6.45) is 5.83. The highest BCUT2D eigenvalue weighted by atomic mass is 16.5. The van der Waals surface area contributed by atoms with Gasteiger partial charge in [-0.2, -0.15) is 0 Å². The fourth-order valence-electron chi connectivity index (χ4n) is 0.309. The van der Waals surface area contributed by atoms with E-state index < -0.39 is 6.09 Å². The predicted octanol–water partition coefficient (Wildman–Crippen LogP) is 0.532. The quantitative estimate of drug-likeness (QED) is 0.457. The third kappa shape index (κ3) is 4.72. The molecule has 0 atom stereocenters. The lowest BCUT2D eigenvalue weighted by atomic mass is 10.7. The smallest absolute Gasteiger partial charge is 0.408 e. The summed E-state index contributed by atoms with van der Waals surface area (Å²) in [4.78, 5) is 10.5. The molecule has 0 fully saturated rings. The summed E-state index contributed by atoms with van der Waals surface area (Å²) in [7, 11) is 0. The molecule has 3 nitrogen and oxygen atoms in total. The van der Waals surface area contributed by atoms with Gasteiger partial charge in [-0.05, 0) is 0 Å². The summed E-state index contributed by atoms with van der Waals surface area (Å²) in [5.74, 6) is 2.24. The van der Waals surface area contributed by atoms with Gasteiger partial charge < -0.3 is 10.1 Å². The Hall–Kier alpha value is -1.43. The molecule has 0 aromatic heterocycles. The van der Waals surface area contributed by atoms with Crippen LogP contribution < -0.4 is 5.32 Å². The fraction of sp³-hybridized carbons (Fsp3) is 0.286. The first kappa shape index (κ1) is 8.57. The minimum atomic E-state index is -0.516. The number of alkyl carbamates (subject to hydrolysis) is 1. The van der Waals surface area contributed by atoms with Gasteiger partial charge in [0, 0.05) is 0 Å². The van der Waals surface area contributed by atoms with Gasteiger partial charge in [-0.25, -0.2) is 4.79 Å². The van der Waals surface area contributed by atoms with Crippen molar-refractivity contribution in [3.05, 3.63) is 12.7 Å². The van der Waals surface area contributed by atoms with Gasteiger partial charge in [-0.1, -0.05) is 18.6 Å². The molecule has 0 radical (unpaired) electrons. The Morgan fingerprint density at radius 3 is 3.10 bits per heavy atom. The summed E-state index contributed by atoms with van der Waals surface area (Å²) in [5, 5.41) is 2.32.